The molecule has 2 atom stereocenters. The third-order valence-corrected chi connectivity index (χ3v) is 6.12. The van der Waals surface area contributed by atoms with Crippen LogP contribution in [0.15, 0.2) is 72.8 Å². The summed E-state index contributed by atoms with van der Waals surface area (Å²) in [5.41, 5.74) is 3.75. The maximum absolute atomic E-state index is 14.3. The predicted octanol–water partition coefficient (Wildman–Crippen LogP) is 5.20. The van der Waals surface area contributed by atoms with E-state index < -0.39 is 0 Å². The fraction of sp³-hybridized carbons (Fsp3) is 0.296. The number of amides is 1. The first-order chi connectivity index (χ1) is 15.5. The Bertz CT molecular complexity index is 1080. The van der Waals surface area contributed by atoms with Crippen molar-refractivity contribution in [3.05, 3.63) is 107 Å². The highest BCUT2D eigenvalue weighted by molar-refractivity contribution is 5.79. The van der Waals surface area contributed by atoms with Gasteiger partial charge in [0, 0.05) is 31.7 Å². The van der Waals surface area contributed by atoms with E-state index in [0.717, 1.165) is 18.5 Å². The van der Waals surface area contributed by atoms with Crippen LogP contribution >= 0.6 is 0 Å². The number of halogens is 2. The molecule has 2 unspecified atom stereocenters. The zero-order valence-corrected chi connectivity index (χ0v) is 18.2. The van der Waals surface area contributed by atoms with Crippen LogP contribution < -0.4 is 5.32 Å². The van der Waals surface area contributed by atoms with Crippen molar-refractivity contribution in [1.82, 2.24) is 10.2 Å². The molecule has 1 amide bonds. The monoisotopic (exact) mass is 434 g/mol. The Labute approximate surface area is 188 Å². The van der Waals surface area contributed by atoms with Crippen molar-refractivity contribution in [1.29, 1.82) is 0 Å². The molecule has 166 valence electrons. The highest BCUT2D eigenvalue weighted by Gasteiger charge is 2.32. The molecule has 0 aromatic heterocycles. The molecule has 1 aliphatic rings. The molecule has 32 heavy (non-hydrogen) atoms. The molecule has 1 fully saturated rings. The van der Waals surface area contributed by atoms with Crippen LogP contribution in [0.2, 0.25) is 0 Å². The molecule has 4 rings (SSSR count). The number of hydrogen-bond donors (Lipinski definition) is 1. The number of nitrogens with zero attached hydrogens (tertiary/aromatic N) is 1. The summed E-state index contributed by atoms with van der Waals surface area (Å²) in [5.74, 6) is -0.637. The minimum atomic E-state index is -0.315. The van der Waals surface area contributed by atoms with E-state index in [-0.39, 0.29) is 35.9 Å². The van der Waals surface area contributed by atoms with Crippen LogP contribution in [0.4, 0.5) is 8.78 Å². The molecule has 0 saturated carbocycles. The second-order valence-electron chi connectivity index (χ2n) is 8.68. The van der Waals surface area contributed by atoms with Crippen LogP contribution in [0, 0.1) is 24.5 Å². The molecular formula is C27H28F2N2O. The third-order valence-electron chi connectivity index (χ3n) is 6.12. The summed E-state index contributed by atoms with van der Waals surface area (Å²) in [4.78, 5) is 15.2. The molecule has 3 nitrogen and oxygen atoms in total. The third kappa shape index (κ3) is 5.60. The van der Waals surface area contributed by atoms with Gasteiger partial charge < -0.3 is 5.32 Å². The lowest BCUT2D eigenvalue weighted by atomic mass is 9.83. The average Bonchev–Trinajstić information content (AvgIpc) is 2.79. The minimum absolute atomic E-state index is 0.0508. The highest BCUT2D eigenvalue weighted by Crippen LogP contribution is 2.32. The number of nitrogens with one attached hydrogen (secondary N) is 1. The van der Waals surface area contributed by atoms with E-state index in [9.17, 15) is 13.6 Å². The first-order valence-electron chi connectivity index (χ1n) is 11.0. The Morgan fingerprint density at radius 3 is 2.59 bits per heavy atom. The van der Waals surface area contributed by atoms with E-state index >= 15 is 0 Å². The van der Waals surface area contributed by atoms with Gasteiger partial charge in [0.2, 0.25) is 5.91 Å². The number of carbonyl (C=O) groups is 1. The largest absolute Gasteiger partial charge is 0.352 e. The second-order valence-corrected chi connectivity index (χ2v) is 8.68. The van der Waals surface area contributed by atoms with Crippen molar-refractivity contribution in [2.45, 2.75) is 32.4 Å². The van der Waals surface area contributed by atoms with Gasteiger partial charge in [0.1, 0.15) is 11.6 Å². The van der Waals surface area contributed by atoms with Gasteiger partial charge in [-0.1, -0.05) is 60.2 Å². The number of piperidine rings is 1. The zero-order chi connectivity index (χ0) is 22.5. The number of carbonyl (C=O) groups excluding carboxylic acids is 1. The van der Waals surface area contributed by atoms with Crippen molar-refractivity contribution in [3.8, 4) is 0 Å². The van der Waals surface area contributed by atoms with Gasteiger partial charge >= 0.3 is 0 Å². The molecule has 1 N–H and O–H groups in total. The van der Waals surface area contributed by atoms with E-state index in [1.54, 1.807) is 24.3 Å². The maximum Gasteiger partial charge on any atom is 0.224 e. The van der Waals surface area contributed by atoms with E-state index in [1.165, 1.54) is 29.3 Å². The SMILES string of the molecule is Cc1cccc(C2CC(C(=O)NCc3cccc(F)c3)CN(Cc3ccccc3F)C2)c1. The van der Waals surface area contributed by atoms with Crippen LogP contribution in [0.3, 0.4) is 0 Å². The van der Waals surface area contributed by atoms with Crippen molar-refractivity contribution in [2.75, 3.05) is 13.1 Å². The fourth-order valence-corrected chi connectivity index (χ4v) is 4.52. The van der Waals surface area contributed by atoms with Crippen LogP contribution in [-0.2, 0) is 17.9 Å². The summed E-state index contributed by atoms with van der Waals surface area (Å²) in [5, 5.41) is 2.97. The standard InChI is InChI=1S/C27H28F2N2O/c1-19-6-4-9-21(12-19)23-14-24(27(32)30-15-20-7-5-10-25(28)13-20)18-31(17-23)16-22-8-2-3-11-26(22)29/h2-13,23-24H,14-18H2,1H3,(H,30,32). The number of rotatable bonds is 6. The Morgan fingerprint density at radius 2 is 1.81 bits per heavy atom. The van der Waals surface area contributed by atoms with Crippen LogP contribution in [0.1, 0.15) is 34.6 Å². The van der Waals surface area contributed by atoms with Crippen LogP contribution in [0.25, 0.3) is 0 Å². The Hall–Kier alpha value is -3.05. The number of aryl methyl sites for hydroxylation is 1. The summed E-state index contributed by atoms with van der Waals surface area (Å²) in [6, 6.07) is 21.4. The van der Waals surface area contributed by atoms with E-state index in [2.05, 4.69) is 35.3 Å². The topological polar surface area (TPSA) is 32.3 Å². The summed E-state index contributed by atoms with van der Waals surface area (Å²) >= 11 is 0. The van der Waals surface area contributed by atoms with Crippen molar-refractivity contribution >= 4 is 5.91 Å². The van der Waals surface area contributed by atoms with Gasteiger partial charge in [-0.15, -0.1) is 0 Å². The van der Waals surface area contributed by atoms with E-state index in [1.807, 2.05) is 12.1 Å². The summed E-state index contributed by atoms with van der Waals surface area (Å²) in [7, 11) is 0. The quantitative estimate of drug-likeness (QED) is 0.579. The molecule has 1 aliphatic heterocycles. The van der Waals surface area contributed by atoms with Gasteiger partial charge in [-0.25, -0.2) is 8.78 Å². The number of likely N-dealkylation sites (tertiary alicyclic amines) is 1. The van der Waals surface area contributed by atoms with Crippen molar-refractivity contribution in [2.24, 2.45) is 5.92 Å². The lowest BCUT2D eigenvalue weighted by molar-refractivity contribution is -0.127. The van der Waals surface area contributed by atoms with Gasteiger partial charge in [0.15, 0.2) is 0 Å². The number of benzene rings is 3. The molecule has 0 spiro atoms. The lowest BCUT2D eigenvalue weighted by Crippen LogP contribution is -2.45. The van der Waals surface area contributed by atoms with Gasteiger partial charge in [-0.05, 0) is 48.6 Å². The number of hydrogen-bond acceptors (Lipinski definition) is 2. The summed E-state index contributed by atoms with van der Waals surface area (Å²) in [6.07, 6.45) is 0.728. The average molecular weight is 435 g/mol. The van der Waals surface area contributed by atoms with Crippen molar-refractivity contribution in [3.63, 3.8) is 0 Å². The van der Waals surface area contributed by atoms with Gasteiger partial charge in [0.25, 0.3) is 0 Å². The summed E-state index contributed by atoms with van der Waals surface area (Å²) in [6.45, 7) is 4.14. The van der Waals surface area contributed by atoms with Gasteiger partial charge in [-0.3, -0.25) is 9.69 Å². The van der Waals surface area contributed by atoms with Crippen LogP contribution in [0.5, 0.6) is 0 Å². The molecule has 0 bridgehead atoms. The molecule has 5 heteroatoms. The first-order valence-corrected chi connectivity index (χ1v) is 11.0. The molecule has 1 saturated heterocycles. The molecule has 3 aromatic rings. The smallest absolute Gasteiger partial charge is 0.224 e. The highest BCUT2D eigenvalue weighted by atomic mass is 19.1. The minimum Gasteiger partial charge on any atom is -0.352 e. The molecule has 1 heterocycles. The van der Waals surface area contributed by atoms with Crippen LogP contribution in [-0.4, -0.2) is 23.9 Å². The zero-order valence-electron chi connectivity index (χ0n) is 18.2. The normalized spacial score (nSPS) is 19.0. The second kappa shape index (κ2) is 10.0. The Kier molecular flexibility index (Phi) is 6.96. The first kappa shape index (κ1) is 22.2. The molecule has 0 aliphatic carbocycles. The van der Waals surface area contributed by atoms with Gasteiger partial charge in [-0.2, -0.15) is 0 Å². The van der Waals surface area contributed by atoms with E-state index in [4.69, 9.17) is 0 Å². The van der Waals surface area contributed by atoms with Crippen molar-refractivity contribution < 1.29 is 13.6 Å². The molecular weight excluding hydrogens is 406 g/mol. The lowest BCUT2D eigenvalue weighted by Gasteiger charge is -2.37. The molecule has 0 radical (unpaired) electrons. The maximum atomic E-state index is 14.3. The fourth-order valence-electron chi connectivity index (χ4n) is 4.52. The van der Waals surface area contributed by atoms with E-state index in [0.29, 0.717) is 18.7 Å². The Balaban J connectivity index is 1.50. The van der Waals surface area contributed by atoms with Gasteiger partial charge in [0.05, 0.1) is 5.92 Å². The predicted molar refractivity (Wildman–Crippen MR) is 122 cm³/mol. The summed E-state index contributed by atoms with van der Waals surface area (Å²) < 4.78 is 27.7. The molecule has 3 aromatic carbocycles. The Morgan fingerprint density at radius 1 is 1.00 bits per heavy atom.